The summed E-state index contributed by atoms with van der Waals surface area (Å²) in [6.07, 6.45) is 1.53. The Balaban J connectivity index is 1.50. The SMILES string of the molecule is COc1ccc(-n2[nH]c3c(cnc4ccc(C(=O)NCc5ccc(F)cc5)cc43)c2=O)cc1. The van der Waals surface area contributed by atoms with E-state index in [9.17, 15) is 14.0 Å². The Morgan fingerprint density at radius 3 is 2.55 bits per heavy atom. The van der Waals surface area contributed by atoms with Crippen LogP contribution in [0.15, 0.2) is 77.7 Å². The second-order valence-electron chi connectivity index (χ2n) is 7.54. The van der Waals surface area contributed by atoms with Gasteiger partial charge in [-0.1, -0.05) is 12.1 Å². The molecule has 0 fully saturated rings. The first-order valence-electron chi connectivity index (χ1n) is 10.2. The molecule has 164 valence electrons. The molecule has 0 atom stereocenters. The summed E-state index contributed by atoms with van der Waals surface area (Å²) in [7, 11) is 1.58. The normalized spacial score (nSPS) is 11.1. The van der Waals surface area contributed by atoms with E-state index < -0.39 is 0 Å². The van der Waals surface area contributed by atoms with Crippen LogP contribution >= 0.6 is 0 Å². The number of aromatic nitrogens is 3. The lowest BCUT2D eigenvalue weighted by Gasteiger charge is -2.07. The number of benzene rings is 3. The number of ether oxygens (including phenoxy) is 1. The van der Waals surface area contributed by atoms with Crippen molar-refractivity contribution in [3.63, 3.8) is 0 Å². The maximum atomic E-state index is 13.1. The monoisotopic (exact) mass is 442 g/mol. The maximum absolute atomic E-state index is 13.1. The first-order chi connectivity index (χ1) is 16.0. The highest BCUT2D eigenvalue weighted by Crippen LogP contribution is 2.23. The van der Waals surface area contributed by atoms with Crippen molar-refractivity contribution in [2.24, 2.45) is 0 Å². The van der Waals surface area contributed by atoms with Crippen LogP contribution in [0, 0.1) is 5.82 Å². The summed E-state index contributed by atoms with van der Waals surface area (Å²) in [6.45, 7) is 0.268. The van der Waals surface area contributed by atoms with Crippen molar-refractivity contribution in [2.45, 2.75) is 6.54 Å². The van der Waals surface area contributed by atoms with Crippen LogP contribution in [0.4, 0.5) is 4.39 Å². The smallest absolute Gasteiger partial charge is 0.280 e. The standard InChI is InChI=1S/C25H19FN4O3/c1-33-19-9-7-18(8-10-19)30-25(32)21-14-27-22-11-4-16(12-20(22)23(21)29-30)24(31)28-13-15-2-5-17(26)6-3-15/h2-12,14,29H,13H2,1H3,(H,28,31). The quantitative estimate of drug-likeness (QED) is 0.432. The van der Waals surface area contributed by atoms with Crippen LogP contribution in [0.2, 0.25) is 0 Å². The number of rotatable bonds is 5. The molecule has 0 aliphatic rings. The number of hydrogen-bond donors (Lipinski definition) is 2. The number of methoxy groups -OCH3 is 1. The molecule has 2 heterocycles. The van der Waals surface area contributed by atoms with E-state index in [1.807, 2.05) is 0 Å². The van der Waals surface area contributed by atoms with E-state index in [0.29, 0.717) is 38.8 Å². The second kappa shape index (κ2) is 8.23. The summed E-state index contributed by atoms with van der Waals surface area (Å²) in [5, 5.41) is 7.05. The Kier molecular flexibility index (Phi) is 5.10. The molecular formula is C25H19FN4O3. The van der Waals surface area contributed by atoms with Crippen molar-refractivity contribution in [3.05, 3.63) is 100 Å². The van der Waals surface area contributed by atoms with Crippen molar-refractivity contribution in [3.8, 4) is 11.4 Å². The van der Waals surface area contributed by atoms with Crippen molar-refractivity contribution in [1.82, 2.24) is 20.1 Å². The third kappa shape index (κ3) is 3.82. The highest BCUT2D eigenvalue weighted by molar-refractivity contribution is 6.06. The number of carbonyl (C=O) groups excluding carboxylic acids is 1. The Hall–Kier alpha value is -4.46. The van der Waals surface area contributed by atoms with E-state index in [1.54, 1.807) is 61.7 Å². The number of carbonyl (C=O) groups is 1. The molecule has 5 aromatic rings. The average Bonchev–Trinajstić information content (AvgIpc) is 3.20. The lowest BCUT2D eigenvalue weighted by molar-refractivity contribution is 0.0951. The number of H-pyrrole nitrogens is 1. The summed E-state index contributed by atoms with van der Waals surface area (Å²) in [5.41, 5.74) is 2.87. The van der Waals surface area contributed by atoms with Gasteiger partial charge in [-0.2, -0.15) is 0 Å². The highest BCUT2D eigenvalue weighted by atomic mass is 19.1. The Bertz CT molecular complexity index is 1540. The van der Waals surface area contributed by atoms with Gasteiger partial charge in [-0.25, -0.2) is 9.07 Å². The van der Waals surface area contributed by atoms with Crippen molar-refractivity contribution in [2.75, 3.05) is 7.11 Å². The predicted molar refractivity (Wildman–Crippen MR) is 123 cm³/mol. The van der Waals surface area contributed by atoms with Gasteiger partial charge in [0.2, 0.25) is 0 Å². The van der Waals surface area contributed by atoms with Gasteiger partial charge in [-0.15, -0.1) is 0 Å². The molecule has 0 unspecified atom stereocenters. The fourth-order valence-corrected chi connectivity index (χ4v) is 3.70. The molecule has 0 spiro atoms. The molecule has 0 aliphatic heterocycles. The van der Waals surface area contributed by atoms with E-state index in [-0.39, 0.29) is 23.8 Å². The minimum Gasteiger partial charge on any atom is -0.497 e. The largest absolute Gasteiger partial charge is 0.497 e. The number of aromatic amines is 1. The van der Waals surface area contributed by atoms with Crippen LogP contribution in [0.1, 0.15) is 15.9 Å². The van der Waals surface area contributed by atoms with E-state index >= 15 is 0 Å². The summed E-state index contributed by atoms with van der Waals surface area (Å²) in [5.74, 6) is 0.0770. The summed E-state index contributed by atoms with van der Waals surface area (Å²) in [4.78, 5) is 30.1. The molecule has 8 heteroatoms. The number of pyridine rings is 1. The van der Waals surface area contributed by atoms with Crippen LogP contribution in [0.25, 0.3) is 27.5 Å². The number of nitrogens with zero attached hydrogens (tertiary/aromatic N) is 2. The zero-order valence-electron chi connectivity index (χ0n) is 17.6. The minimum atomic E-state index is -0.327. The number of hydrogen-bond acceptors (Lipinski definition) is 4. The molecule has 0 aliphatic carbocycles. The van der Waals surface area contributed by atoms with Gasteiger partial charge in [-0.3, -0.25) is 19.7 Å². The molecule has 0 radical (unpaired) electrons. The van der Waals surface area contributed by atoms with Crippen molar-refractivity contribution < 1.29 is 13.9 Å². The number of nitrogens with one attached hydrogen (secondary N) is 2. The fraction of sp³-hybridized carbons (Fsp3) is 0.0800. The average molecular weight is 442 g/mol. The molecule has 2 N–H and O–H groups in total. The fourth-order valence-electron chi connectivity index (χ4n) is 3.70. The van der Waals surface area contributed by atoms with Gasteiger partial charge in [0.25, 0.3) is 11.5 Å². The van der Waals surface area contributed by atoms with Gasteiger partial charge in [0.15, 0.2) is 0 Å². The van der Waals surface area contributed by atoms with E-state index in [2.05, 4.69) is 15.4 Å². The lowest BCUT2D eigenvalue weighted by atomic mass is 10.1. The van der Waals surface area contributed by atoms with Gasteiger partial charge in [-0.05, 0) is 60.2 Å². The lowest BCUT2D eigenvalue weighted by Crippen LogP contribution is -2.22. The van der Waals surface area contributed by atoms with Gasteiger partial charge >= 0.3 is 0 Å². The van der Waals surface area contributed by atoms with E-state index in [4.69, 9.17) is 4.74 Å². The highest BCUT2D eigenvalue weighted by Gasteiger charge is 2.14. The van der Waals surface area contributed by atoms with Crippen LogP contribution in [0.5, 0.6) is 5.75 Å². The van der Waals surface area contributed by atoms with Gasteiger partial charge in [0.1, 0.15) is 11.6 Å². The Morgan fingerprint density at radius 1 is 1.06 bits per heavy atom. The third-order valence-corrected chi connectivity index (χ3v) is 5.48. The Morgan fingerprint density at radius 2 is 1.82 bits per heavy atom. The maximum Gasteiger partial charge on any atom is 0.280 e. The zero-order chi connectivity index (χ0) is 22.9. The van der Waals surface area contributed by atoms with Crippen LogP contribution in [-0.2, 0) is 6.54 Å². The van der Waals surface area contributed by atoms with E-state index in [0.717, 1.165) is 5.56 Å². The van der Waals surface area contributed by atoms with Gasteiger partial charge in [0.05, 0.1) is 29.2 Å². The summed E-state index contributed by atoms with van der Waals surface area (Å²) >= 11 is 0. The van der Waals surface area contributed by atoms with Crippen molar-refractivity contribution >= 4 is 27.7 Å². The zero-order valence-corrected chi connectivity index (χ0v) is 17.6. The molecule has 33 heavy (non-hydrogen) atoms. The summed E-state index contributed by atoms with van der Waals surface area (Å²) in [6, 6.07) is 18.2. The number of fused-ring (bicyclic) bond motifs is 3. The molecule has 2 aromatic heterocycles. The van der Waals surface area contributed by atoms with Gasteiger partial charge < -0.3 is 10.1 Å². The summed E-state index contributed by atoms with van der Waals surface area (Å²) < 4.78 is 19.7. The van der Waals surface area contributed by atoms with Crippen LogP contribution < -0.4 is 15.6 Å². The molecule has 7 nitrogen and oxygen atoms in total. The topological polar surface area (TPSA) is 89.0 Å². The molecule has 1 amide bonds. The van der Waals surface area contributed by atoms with Crippen LogP contribution in [0.3, 0.4) is 0 Å². The second-order valence-corrected chi connectivity index (χ2v) is 7.54. The molecule has 0 saturated carbocycles. The molecule has 3 aromatic carbocycles. The Labute approximate surface area is 187 Å². The van der Waals surface area contributed by atoms with E-state index in [1.165, 1.54) is 23.0 Å². The molecular weight excluding hydrogens is 423 g/mol. The minimum absolute atomic E-state index is 0.240. The third-order valence-electron chi connectivity index (χ3n) is 5.48. The van der Waals surface area contributed by atoms with Crippen molar-refractivity contribution in [1.29, 1.82) is 0 Å². The number of halogens is 1. The molecule has 0 saturated heterocycles. The predicted octanol–water partition coefficient (Wildman–Crippen LogP) is 3.94. The van der Waals surface area contributed by atoms with Gasteiger partial charge in [0, 0.05) is 23.7 Å². The first kappa shape index (κ1) is 20.4. The molecule has 0 bridgehead atoms. The first-order valence-corrected chi connectivity index (χ1v) is 10.2. The molecule has 5 rings (SSSR count). The number of amides is 1. The van der Waals surface area contributed by atoms with Crippen LogP contribution in [-0.4, -0.2) is 27.8 Å².